The second-order valence-electron chi connectivity index (χ2n) is 3.89. The lowest BCUT2D eigenvalue weighted by molar-refractivity contribution is -0.0318. The van der Waals surface area contributed by atoms with Crippen molar-refractivity contribution >= 4 is 23.2 Å². The zero-order valence-electron chi connectivity index (χ0n) is 8.67. The van der Waals surface area contributed by atoms with E-state index in [1.54, 1.807) is 18.2 Å². The summed E-state index contributed by atoms with van der Waals surface area (Å²) >= 11 is 11.8. The summed E-state index contributed by atoms with van der Waals surface area (Å²) in [6, 6.07) is 5.13. The average molecular weight is 262 g/mol. The lowest BCUT2D eigenvalue weighted by Crippen LogP contribution is -2.39. The van der Waals surface area contributed by atoms with E-state index < -0.39 is 5.60 Å². The third-order valence-corrected chi connectivity index (χ3v) is 3.38. The van der Waals surface area contributed by atoms with Crippen LogP contribution in [0.1, 0.15) is 5.56 Å². The van der Waals surface area contributed by atoms with Crippen LogP contribution < -0.4 is 5.32 Å². The van der Waals surface area contributed by atoms with Crippen molar-refractivity contribution < 1.29 is 9.84 Å². The van der Waals surface area contributed by atoms with Gasteiger partial charge in [0.05, 0.1) is 23.3 Å². The maximum absolute atomic E-state index is 10.4. The molecule has 16 heavy (non-hydrogen) atoms. The molecule has 0 saturated carbocycles. The number of nitrogens with one attached hydrogen (secondary N) is 1. The summed E-state index contributed by atoms with van der Waals surface area (Å²) in [5.41, 5.74) is -0.318. The minimum absolute atomic E-state index is 0.262. The number of ether oxygens (including phenoxy) is 1. The van der Waals surface area contributed by atoms with E-state index in [2.05, 4.69) is 5.32 Å². The predicted octanol–water partition coefficient (Wildman–Crippen LogP) is 1.80. The van der Waals surface area contributed by atoms with Crippen LogP contribution in [0.3, 0.4) is 0 Å². The number of halogens is 2. The van der Waals surface area contributed by atoms with Crippen molar-refractivity contribution in [2.24, 2.45) is 0 Å². The molecule has 1 aromatic rings. The van der Waals surface area contributed by atoms with Crippen LogP contribution in [0, 0.1) is 0 Å². The highest BCUT2D eigenvalue weighted by Crippen LogP contribution is 2.29. The number of aliphatic hydroxyl groups is 1. The molecule has 2 N–H and O–H groups in total. The fourth-order valence-corrected chi connectivity index (χ4v) is 2.00. The molecule has 0 radical (unpaired) electrons. The molecule has 1 aliphatic rings. The van der Waals surface area contributed by atoms with Crippen molar-refractivity contribution in [2.75, 3.05) is 26.3 Å². The lowest BCUT2D eigenvalue weighted by Gasteiger charge is -2.26. The summed E-state index contributed by atoms with van der Waals surface area (Å²) in [6.07, 6.45) is 0. The number of β-amino-alcohol motifs (C(OH)–C–C–N with tert-alkyl or cyclic N) is 1. The molecule has 1 unspecified atom stereocenters. The SMILES string of the molecule is OC1(c2ccc(Cl)c(Cl)c2)CNCCOC1. The maximum atomic E-state index is 10.4. The summed E-state index contributed by atoms with van der Waals surface area (Å²) in [5, 5.41) is 14.5. The summed E-state index contributed by atoms with van der Waals surface area (Å²) in [5.74, 6) is 0. The molecular weight excluding hydrogens is 249 g/mol. The quantitative estimate of drug-likeness (QED) is 0.810. The third-order valence-electron chi connectivity index (χ3n) is 2.64. The molecule has 1 aromatic carbocycles. The first-order valence-electron chi connectivity index (χ1n) is 5.08. The molecule has 0 spiro atoms. The molecule has 0 amide bonds. The van der Waals surface area contributed by atoms with Crippen LogP contribution in [-0.2, 0) is 10.3 Å². The van der Waals surface area contributed by atoms with Crippen molar-refractivity contribution in [3.63, 3.8) is 0 Å². The fraction of sp³-hybridized carbons (Fsp3) is 0.455. The molecular formula is C11H13Cl2NO2. The Bertz CT molecular complexity index is 376. The minimum Gasteiger partial charge on any atom is -0.381 e. The highest BCUT2D eigenvalue weighted by atomic mass is 35.5. The molecule has 5 heteroatoms. The largest absolute Gasteiger partial charge is 0.381 e. The van der Waals surface area contributed by atoms with Gasteiger partial charge in [-0.3, -0.25) is 0 Å². The summed E-state index contributed by atoms with van der Waals surface area (Å²) in [4.78, 5) is 0. The number of hydrogen-bond acceptors (Lipinski definition) is 3. The molecule has 1 aliphatic heterocycles. The first-order chi connectivity index (χ1) is 7.62. The fourth-order valence-electron chi connectivity index (χ4n) is 1.70. The van der Waals surface area contributed by atoms with Crippen LogP contribution in [0.5, 0.6) is 0 Å². The van der Waals surface area contributed by atoms with E-state index in [-0.39, 0.29) is 6.61 Å². The number of rotatable bonds is 1. The van der Waals surface area contributed by atoms with Gasteiger partial charge < -0.3 is 15.2 Å². The topological polar surface area (TPSA) is 41.5 Å². The van der Waals surface area contributed by atoms with Crippen molar-refractivity contribution in [2.45, 2.75) is 5.60 Å². The molecule has 2 rings (SSSR count). The van der Waals surface area contributed by atoms with Crippen molar-refractivity contribution in [3.05, 3.63) is 33.8 Å². The van der Waals surface area contributed by atoms with Gasteiger partial charge in [-0.1, -0.05) is 29.3 Å². The Labute approximate surface area is 104 Å². The summed E-state index contributed by atoms with van der Waals surface area (Å²) in [6.45, 7) is 2.05. The van der Waals surface area contributed by atoms with Crippen LogP contribution in [0.2, 0.25) is 10.0 Å². The van der Waals surface area contributed by atoms with Gasteiger partial charge in [0.1, 0.15) is 5.60 Å². The Kier molecular flexibility index (Phi) is 3.72. The first kappa shape index (κ1) is 12.1. The smallest absolute Gasteiger partial charge is 0.125 e. The van der Waals surface area contributed by atoms with E-state index >= 15 is 0 Å². The van der Waals surface area contributed by atoms with E-state index in [0.29, 0.717) is 23.2 Å². The predicted molar refractivity (Wildman–Crippen MR) is 64.0 cm³/mol. The molecule has 1 fully saturated rings. The van der Waals surface area contributed by atoms with Crippen LogP contribution >= 0.6 is 23.2 Å². The second-order valence-corrected chi connectivity index (χ2v) is 4.70. The summed E-state index contributed by atoms with van der Waals surface area (Å²) < 4.78 is 5.35. The molecule has 1 heterocycles. The second kappa shape index (κ2) is 4.90. The Morgan fingerprint density at radius 1 is 1.31 bits per heavy atom. The zero-order chi connectivity index (χ0) is 11.6. The molecule has 0 aliphatic carbocycles. The first-order valence-corrected chi connectivity index (χ1v) is 5.84. The molecule has 0 aromatic heterocycles. The van der Waals surface area contributed by atoms with E-state index in [4.69, 9.17) is 27.9 Å². The van der Waals surface area contributed by atoms with Gasteiger partial charge in [-0.15, -0.1) is 0 Å². The lowest BCUT2D eigenvalue weighted by atomic mass is 9.95. The van der Waals surface area contributed by atoms with Crippen molar-refractivity contribution in [1.82, 2.24) is 5.32 Å². The molecule has 0 bridgehead atoms. The monoisotopic (exact) mass is 261 g/mol. The van der Waals surface area contributed by atoms with Gasteiger partial charge in [0.2, 0.25) is 0 Å². The Morgan fingerprint density at radius 3 is 2.88 bits per heavy atom. The maximum Gasteiger partial charge on any atom is 0.125 e. The molecule has 1 atom stereocenters. The van der Waals surface area contributed by atoms with Crippen LogP contribution in [-0.4, -0.2) is 31.4 Å². The number of benzene rings is 1. The third kappa shape index (κ3) is 2.50. The Hall–Kier alpha value is -0.320. The highest BCUT2D eigenvalue weighted by Gasteiger charge is 2.31. The van der Waals surface area contributed by atoms with Gasteiger partial charge in [-0.25, -0.2) is 0 Å². The van der Waals surface area contributed by atoms with E-state index in [0.717, 1.165) is 12.1 Å². The van der Waals surface area contributed by atoms with Gasteiger partial charge >= 0.3 is 0 Å². The van der Waals surface area contributed by atoms with Gasteiger partial charge in [-0.05, 0) is 17.7 Å². The zero-order valence-corrected chi connectivity index (χ0v) is 10.2. The van der Waals surface area contributed by atoms with Gasteiger partial charge in [0, 0.05) is 13.1 Å². The molecule has 3 nitrogen and oxygen atoms in total. The Balaban J connectivity index is 2.29. The van der Waals surface area contributed by atoms with Gasteiger partial charge in [0.25, 0.3) is 0 Å². The summed E-state index contributed by atoms with van der Waals surface area (Å²) in [7, 11) is 0. The van der Waals surface area contributed by atoms with Gasteiger partial charge in [0.15, 0.2) is 0 Å². The average Bonchev–Trinajstić information content (AvgIpc) is 2.48. The van der Waals surface area contributed by atoms with Crippen LogP contribution in [0.25, 0.3) is 0 Å². The van der Waals surface area contributed by atoms with E-state index in [9.17, 15) is 5.11 Å². The van der Waals surface area contributed by atoms with E-state index in [1.807, 2.05) is 0 Å². The van der Waals surface area contributed by atoms with Gasteiger partial charge in [-0.2, -0.15) is 0 Å². The van der Waals surface area contributed by atoms with Crippen molar-refractivity contribution in [1.29, 1.82) is 0 Å². The Morgan fingerprint density at radius 2 is 2.12 bits per heavy atom. The molecule has 88 valence electrons. The number of hydrogen-bond donors (Lipinski definition) is 2. The highest BCUT2D eigenvalue weighted by molar-refractivity contribution is 6.42. The van der Waals surface area contributed by atoms with Crippen molar-refractivity contribution in [3.8, 4) is 0 Å². The van der Waals surface area contributed by atoms with Crippen LogP contribution in [0.15, 0.2) is 18.2 Å². The standard InChI is InChI=1S/C11H13Cl2NO2/c12-9-2-1-8(5-10(9)13)11(15)6-14-3-4-16-7-11/h1-2,5,14-15H,3-4,6-7H2. The normalized spacial score (nSPS) is 26.4. The molecule has 1 saturated heterocycles. The van der Waals surface area contributed by atoms with E-state index in [1.165, 1.54) is 0 Å². The minimum atomic E-state index is -1.04. The van der Waals surface area contributed by atoms with Crippen LogP contribution in [0.4, 0.5) is 0 Å².